The second-order valence-electron chi connectivity index (χ2n) is 3.28. The quantitative estimate of drug-likeness (QED) is 0.912. The zero-order chi connectivity index (χ0) is 12.4. The van der Waals surface area contributed by atoms with E-state index >= 15 is 0 Å². The number of hydrogen-bond donors (Lipinski definition) is 1. The number of rotatable bonds is 2. The molecular weight excluding hydrogens is 263 g/mol. The summed E-state index contributed by atoms with van der Waals surface area (Å²) in [6.45, 7) is 0. The molecule has 0 aromatic carbocycles. The van der Waals surface area contributed by atoms with Gasteiger partial charge in [0.15, 0.2) is 5.82 Å². The van der Waals surface area contributed by atoms with Crippen LogP contribution in [-0.2, 0) is 7.05 Å². The van der Waals surface area contributed by atoms with Crippen LogP contribution >= 0.6 is 23.2 Å². The van der Waals surface area contributed by atoms with Gasteiger partial charge in [0.2, 0.25) is 0 Å². The van der Waals surface area contributed by atoms with E-state index in [0.29, 0.717) is 10.7 Å². The van der Waals surface area contributed by atoms with Gasteiger partial charge < -0.3 is 5.32 Å². The molecule has 0 spiro atoms. The maximum Gasteiger partial charge on any atom is 0.275 e. The molecule has 5 nitrogen and oxygen atoms in total. The van der Waals surface area contributed by atoms with Gasteiger partial charge in [-0.05, 0) is 12.1 Å². The van der Waals surface area contributed by atoms with E-state index in [1.54, 1.807) is 13.1 Å². The van der Waals surface area contributed by atoms with Crippen molar-refractivity contribution in [3.05, 3.63) is 40.3 Å². The van der Waals surface area contributed by atoms with E-state index in [9.17, 15) is 4.79 Å². The molecule has 0 unspecified atom stereocenters. The van der Waals surface area contributed by atoms with Gasteiger partial charge in [-0.2, -0.15) is 5.10 Å². The minimum absolute atomic E-state index is 0.266. The SMILES string of the molecule is Cn1nccc1C(=O)Nc1ncc(Cl)cc1Cl. The van der Waals surface area contributed by atoms with E-state index in [1.165, 1.54) is 23.1 Å². The normalized spacial score (nSPS) is 10.3. The van der Waals surface area contributed by atoms with Crippen molar-refractivity contribution in [1.29, 1.82) is 0 Å². The van der Waals surface area contributed by atoms with Crippen LogP contribution in [0, 0.1) is 0 Å². The first-order valence-electron chi connectivity index (χ1n) is 4.68. The van der Waals surface area contributed by atoms with Gasteiger partial charge in [-0.25, -0.2) is 4.98 Å². The predicted molar refractivity (Wildman–Crippen MR) is 65.4 cm³/mol. The van der Waals surface area contributed by atoms with Crippen LogP contribution in [0.2, 0.25) is 10.0 Å². The summed E-state index contributed by atoms with van der Waals surface area (Å²) in [6.07, 6.45) is 2.94. The molecule has 1 amide bonds. The number of anilines is 1. The summed E-state index contributed by atoms with van der Waals surface area (Å²) in [4.78, 5) is 15.8. The summed E-state index contributed by atoms with van der Waals surface area (Å²) >= 11 is 11.6. The molecule has 0 aliphatic rings. The number of nitrogens with one attached hydrogen (secondary N) is 1. The van der Waals surface area contributed by atoms with Gasteiger partial charge in [0.05, 0.1) is 10.0 Å². The number of carbonyl (C=O) groups is 1. The number of nitrogens with zero attached hydrogens (tertiary/aromatic N) is 3. The molecule has 2 aromatic heterocycles. The summed E-state index contributed by atoms with van der Waals surface area (Å²) < 4.78 is 1.46. The highest BCUT2D eigenvalue weighted by Crippen LogP contribution is 2.22. The van der Waals surface area contributed by atoms with Crippen LogP contribution in [0.3, 0.4) is 0 Å². The van der Waals surface area contributed by atoms with Crippen LogP contribution in [0.15, 0.2) is 24.5 Å². The molecule has 7 heteroatoms. The van der Waals surface area contributed by atoms with Crippen molar-refractivity contribution in [3.63, 3.8) is 0 Å². The lowest BCUT2D eigenvalue weighted by Crippen LogP contribution is -2.17. The molecule has 17 heavy (non-hydrogen) atoms. The standard InChI is InChI=1S/C10H8Cl2N4O/c1-16-8(2-3-14-16)10(17)15-9-7(12)4-6(11)5-13-9/h2-5H,1H3,(H,13,15,17). The molecule has 0 radical (unpaired) electrons. The minimum Gasteiger partial charge on any atom is -0.304 e. The summed E-state index contributed by atoms with van der Waals surface area (Å²) in [5.74, 6) is -0.0658. The highest BCUT2D eigenvalue weighted by atomic mass is 35.5. The van der Waals surface area contributed by atoms with Crippen LogP contribution in [0.1, 0.15) is 10.5 Å². The molecule has 0 saturated carbocycles. The third-order valence-corrected chi connectivity index (χ3v) is 2.59. The fourth-order valence-electron chi connectivity index (χ4n) is 1.27. The van der Waals surface area contributed by atoms with Crippen molar-refractivity contribution >= 4 is 34.9 Å². The third-order valence-electron chi connectivity index (χ3n) is 2.09. The molecule has 88 valence electrons. The lowest BCUT2D eigenvalue weighted by molar-refractivity contribution is 0.101. The Balaban J connectivity index is 2.22. The summed E-state index contributed by atoms with van der Waals surface area (Å²) in [6, 6.07) is 3.11. The number of halogens is 2. The molecule has 2 heterocycles. The molecule has 2 aromatic rings. The van der Waals surface area contributed by atoms with Crippen molar-refractivity contribution in [1.82, 2.24) is 14.8 Å². The fourth-order valence-corrected chi connectivity index (χ4v) is 1.70. The van der Waals surface area contributed by atoms with Gasteiger partial charge in [0.1, 0.15) is 5.69 Å². The average molecular weight is 271 g/mol. The Kier molecular flexibility index (Phi) is 3.31. The van der Waals surface area contributed by atoms with Gasteiger partial charge >= 0.3 is 0 Å². The molecule has 0 aliphatic heterocycles. The molecule has 0 bridgehead atoms. The lowest BCUT2D eigenvalue weighted by Gasteiger charge is -2.06. The highest BCUT2D eigenvalue weighted by Gasteiger charge is 2.12. The van der Waals surface area contributed by atoms with Crippen molar-refractivity contribution in [2.75, 3.05) is 5.32 Å². The molecule has 0 atom stereocenters. The first-order chi connectivity index (χ1) is 8.08. The molecule has 1 N–H and O–H groups in total. The Labute approximate surface area is 107 Å². The van der Waals surface area contributed by atoms with Crippen LogP contribution in [0.25, 0.3) is 0 Å². The van der Waals surface area contributed by atoms with Gasteiger partial charge in [-0.1, -0.05) is 23.2 Å². The van der Waals surface area contributed by atoms with E-state index in [0.717, 1.165) is 0 Å². The Morgan fingerprint density at radius 1 is 1.47 bits per heavy atom. The number of aromatic nitrogens is 3. The zero-order valence-corrected chi connectivity index (χ0v) is 10.3. The van der Waals surface area contributed by atoms with Crippen molar-refractivity contribution in [3.8, 4) is 0 Å². The number of amides is 1. The van der Waals surface area contributed by atoms with Crippen LogP contribution in [0.5, 0.6) is 0 Å². The van der Waals surface area contributed by atoms with Crippen LogP contribution in [0.4, 0.5) is 5.82 Å². The largest absolute Gasteiger partial charge is 0.304 e. The van der Waals surface area contributed by atoms with Crippen molar-refractivity contribution in [2.45, 2.75) is 0 Å². The first-order valence-corrected chi connectivity index (χ1v) is 5.44. The van der Waals surface area contributed by atoms with Crippen LogP contribution in [-0.4, -0.2) is 20.7 Å². The van der Waals surface area contributed by atoms with Gasteiger partial charge in [-0.15, -0.1) is 0 Å². The van der Waals surface area contributed by atoms with Crippen LogP contribution < -0.4 is 5.32 Å². The number of hydrogen-bond acceptors (Lipinski definition) is 3. The zero-order valence-electron chi connectivity index (χ0n) is 8.82. The molecule has 2 rings (SSSR count). The highest BCUT2D eigenvalue weighted by molar-refractivity contribution is 6.36. The van der Waals surface area contributed by atoms with E-state index < -0.39 is 0 Å². The Hall–Kier alpha value is -1.59. The summed E-state index contributed by atoms with van der Waals surface area (Å²) in [5, 5.41) is 7.17. The Morgan fingerprint density at radius 2 is 2.24 bits per heavy atom. The first kappa shape index (κ1) is 11.9. The Morgan fingerprint density at radius 3 is 2.82 bits per heavy atom. The van der Waals surface area contributed by atoms with Crippen molar-refractivity contribution in [2.24, 2.45) is 7.05 Å². The maximum absolute atomic E-state index is 11.8. The average Bonchev–Trinajstić information content (AvgIpc) is 2.68. The lowest BCUT2D eigenvalue weighted by atomic mass is 10.4. The van der Waals surface area contributed by atoms with Gasteiger partial charge in [-0.3, -0.25) is 9.48 Å². The number of pyridine rings is 1. The van der Waals surface area contributed by atoms with Gasteiger partial charge in [0, 0.05) is 19.4 Å². The minimum atomic E-state index is -0.332. The second kappa shape index (κ2) is 4.73. The smallest absolute Gasteiger partial charge is 0.275 e. The molecular formula is C10H8Cl2N4O. The fraction of sp³-hybridized carbons (Fsp3) is 0.100. The third kappa shape index (κ3) is 2.57. The predicted octanol–water partition coefficient (Wildman–Crippen LogP) is 2.37. The monoisotopic (exact) mass is 270 g/mol. The second-order valence-corrected chi connectivity index (χ2v) is 4.12. The van der Waals surface area contributed by atoms with E-state index in [-0.39, 0.29) is 16.7 Å². The number of carbonyl (C=O) groups excluding carboxylic acids is 1. The van der Waals surface area contributed by atoms with E-state index in [2.05, 4.69) is 15.4 Å². The molecule has 0 fully saturated rings. The maximum atomic E-state index is 11.8. The van der Waals surface area contributed by atoms with Gasteiger partial charge in [0.25, 0.3) is 5.91 Å². The summed E-state index contributed by atoms with van der Waals surface area (Å²) in [7, 11) is 1.67. The summed E-state index contributed by atoms with van der Waals surface area (Å²) in [5.41, 5.74) is 0.415. The van der Waals surface area contributed by atoms with Crippen molar-refractivity contribution < 1.29 is 4.79 Å². The van der Waals surface area contributed by atoms with E-state index in [4.69, 9.17) is 23.2 Å². The topological polar surface area (TPSA) is 59.8 Å². The Bertz CT molecular complexity index is 567. The number of aryl methyl sites for hydroxylation is 1. The molecule has 0 aliphatic carbocycles. The van der Waals surface area contributed by atoms with E-state index in [1.807, 2.05) is 0 Å². The molecule has 0 saturated heterocycles.